The molecule has 2 aromatic carbocycles. The van der Waals surface area contributed by atoms with Gasteiger partial charge in [-0.25, -0.2) is 4.98 Å². The van der Waals surface area contributed by atoms with E-state index in [-0.39, 0.29) is 30.5 Å². The highest BCUT2D eigenvalue weighted by atomic mass is 32.2. The number of thioether (sulfide) groups is 1. The maximum atomic E-state index is 13.2. The molecule has 0 spiro atoms. The fourth-order valence-corrected chi connectivity index (χ4v) is 5.13. The van der Waals surface area contributed by atoms with E-state index >= 15 is 0 Å². The molecule has 0 aliphatic carbocycles. The van der Waals surface area contributed by atoms with Crippen LogP contribution >= 0.6 is 11.8 Å². The van der Waals surface area contributed by atoms with Crippen molar-refractivity contribution in [2.45, 2.75) is 43.2 Å². The molecule has 0 saturated carbocycles. The monoisotopic (exact) mass is 550 g/mol. The third-order valence-electron chi connectivity index (χ3n) is 6.84. The number of aromatic amines is 1. The van der Waals surface area contributed by atoms with Gasteiger partial charge in [-0.2, -0.15) is 0 Å². The molecular formula is C28H30N4O6S. The van der Waals surface area contributed by atoms with E-state index in [1.54, 1.807) is 18.3 Å². The van der Waals surface area contributed by atoms with Crippen LogP contribution in [0.5, 0.6) is 17.2 Å². The number of aromatic nitrogens is 2. The number of H-pyrrole nitrogens is 1. The quantitative estimate of drug-likeness (QED) is 0.377. The normalized spacial score (nSPS) is 19.5. The Bertz CT molecular complexity index is 1430. The van der Waals surface area contributed by atoms with Crippen molar-refractivity contribution >= 4 is 23.6 Å². The Hall–Kier alpha value is -3.83. The van der Waals surface area contributed by atoms with Crippen molar-refractivity contribution in [3.63, 3.8) is 0 Å². The number of benzene rings is 2. The molecule has 2 aliphatic heterocycles. The molecule has 11 heteroatoms. The average Bonchev–Trinajstić information content (AvgIpc) is 2.95. The first-order chi connectivity index (χ1) is 18.9. The largest absolute Gasteiger partial charge is 0.493 e. The summed E-state index contributed by atoms with van der Waals surface area (Å²) in [6, 6.07) is 12.8. The van der Waals surface area contributed by atoms with Crippen molar-refractivity contribution in [2.24, 2.45) is 0 Å². The first kappa shape index (κ1) is 26.8. The number of ether oxygens (including phenoxy) is 3. The summed E-state index contributed by atoms with van der Waals surface area (Å²) < 4.78 is 17.9. The number of hydrogen-bond donors (Lipinski definition) is 2. The van der Waals surface area contributed by atoms with Gasteiger partial charge in [0, 0.05) is 25.7 Å². The fraction of sp³-hybridized carbons (Fsp3) is 0.357. The summed E-state index contributed by atoms with van der Waals surface area (Å²) in [6.07, 6.45) is 4.03. The van der Waals surface area contributed by atoms with Crippen LogP contribution in [0.4, 0.5) is 0 Å². The molecule has 2 atom stereocenters. The molecule has 1 saturated heterocycles. The molecule has 0 radical (unpaired) electrons. The molecule has 2 N–H and O–H groups in total. The van der Waals surface area contributed by atoms with Gasteiger partial charge in [-0.1, -0.05) is 30.0 Å². The Morgan fingerprint density at radius 2 is 2.03 bits per heavy atom. The summed E-state index contributed by atoms with van der Waals surface area (Å²) in [4.78, 5) is 47.1. The molecule has 1 aromatic heterocycles. The van der Waals surface area contributed by atoms with Crippen molar-refractivity contribution in [1.29, 1.82) is 0 Å². The fourth-order valence-electron chi connectivity index (χ4n) is 4.78. The average molecular weight is 551 g/mol. The van der Waals surface area contributed by atoms with Crippen molar-refractivity contribution in [2.75, 3.05) is 26.5 Å². The number of piperidine rings is 1. The molecule has 2 amide bonds. The predicted molar refractivity (Wildman–Crippen MR) is 145 cm³/mol. The number of methoxy groups -OCH3 is 1. The number of nitrogens with zero attached hydrogens (tertiary/aromatic N) is 2. The van der Waals surface area contributed by atoms with Gasteiger partial charge < -0.3 is 29.4 Å². The molecule has 4 bridgehead atoms. The van der Waals surface area contributed by atoms with E-state index in [0.717, 1.165) is 11.1 Å². The summed E-state index contributed by atoms with van der Waals surface area (Å²) in [7, 11) is 1.59. The third kappa shape index (κ3) is 6.26. The van der Waals surface area contributed by atoms with Gasteiger partial charge in [0.2, 0.25) is 5.91 Å². The molecule has 3 aromatic rings. The highest BCUT2D eigenvalue weighted by Crippen LogP contribution is 2.33. The molecule has 1 fully saturated rings. The predicted octanol–water partition coefficient (Wildman–Crippen LogP) is 3.16. The van der Waals surface area contributed by atoms with Gasteiger partial charge in [0.15, 0.2) is 16.7 Å². The summed E-state index contributed by atoms with van der Waals surface area (Å²) in [5.74, 6) is 1.25. The van der Waals surface area contributed by atoms with Crippen molar-refractivity contribution < 1.29 is 23.8 Å². The van der Waals surface area contributed by atoms with E-state index in [2.05, 4.69) is 15.3 Å². The maximum Gasteiger partial charge on any atom is 0.264 e. The van der Waals surface area contributed by atoms with Crippen LogP contribution in [0.25, 0.3) is 0 Å². The molecule has 204 valence electrons. The van der Waals surface area contributed by atoms with Gasteiger partial charge >= 0.3 is 0 Å². The number of nitrogens with one attached hydrogen (secondary N) is 2. The van der Waals surface area contributed by atoms with Gasteiger partial charge in [-0.3, -0.25) is 14.4 Å². The van der Waals surface area contributed by atoms with Crippen LogP contribution in [0.3, 0.4) is 0 Å². The second kappa shape index (κ2) is 11.9. The van der Waals surface area contributed by atoms with Crippen LogP contribution in [-0.2, 0) is 22.6 Å². The Morgan fingerprint density at radius 3 is 2.82 bits per heavy atom. The zero-order valence-electron chi connectivity index (χ0n) is 21.8. The number of amides is 2. The van der Waals surface area contributed by atoms with Crippen LogP contribution in [0.2, 0.25) is 0 Å². The number of rotatable bonds is 3. The standard InChI is InChI=1S/C28H30N4O6S/c1-36-23-8-6-17-7-9-25(33)30-21-15-32(27(35)20-14-29-28(39-2)31-26(20)34)11-10-22(21)37-16-18-4-3-5-19(12-18)38-24(23)13-17/h3-6,8,12-14,21-22H,7,9-11,15-16H2,1-2H3,(H,30,33)(H,29,31,34)/t21-,22+/m0/s1. The minimum absolute atomic E-state index is 0.0252. The lowest BCUT2D eigenvalue weighted by atomic mass is 10.00. The number of carbonyl (C=O) groups is 2. The number of carbonyl (C=O) groups excluding carboxylic acids is 2. The van der Waals surface area contributed by atoms with Gasteiger partial charge in [0.1, 0.15) is 11.3 Å². The SMILES string of the molecule is COc1ccc2cc1Oc1cccc(c1)CO[C@@H]1CCN(C(=O)c3cnc(SC)[nH]c3=O)C[C@@H]1NC(=O)CC2. The van der Waals surface area contributed by atoms with Gasteiger partial charge in [-0.15, -0.1) is 0 Å². The molecule has 0 unspecified atom stereocenters. The van der Waals surface area contributed by atoms with Crippen LogP contribution in [0.1, 0.15) is 34.3 Å². The second-order valence-corrected chi connectivity index (χ2v) is 10.2. The van der Waals surface area contributed by atoms with Crippen molar-refractivity contribution in [3.8, 4) is 17.2 Å². The van der Waals surface area contributed by atoms with Gasteiger partial charge in [-0.05, 0) is 54.5 Å². The summed E-state index contributed by atoms with van der Waals surface area (Å²) in [6.45, 7) is 0.905. The highest BCUT2D eigenvalue weighted by Gasteiger charge is 2.34. The van der Waals surface area contributed by atoms with E-state index in [4.69, 9.17) is 14.2 Å². The van der Waals surface area contributed by atoms with E-state index < -0.39 is 17.5 Å². The Morgan fingerprint density at radius 1 is 1.15 bits per heavy atom. The minimum Gasteiger partial charge on any atom is -0.493 e. The first-order valence-corrected chi connectivity index (χ1v) is 13.9. The van der Waals surface area contributed by atoms with E-state index in [1.807, 2.05) is 42.5 Å². The Kier molecular flexibility index (Phi) is 8.18. The maximum absolute atomic E-state index is 13.2. The van der Waals surface area contributed by atoms with Crippen LogP contribution in [0.15, 0.2) is 58.6 Å². The lowest BCUT2D eigenvalue weighted by Crippen LogP contribution is -2.57. The summed E-state index contributed by atoms with van der Waals surface area (Å²) in [5.41, 5.74) is 1.33. The first-order valence-electron chi connectivity index (χ1n) is 12.7. The summed E-state index contributed by atoms with van der Waals surface area (Å²) in [5, 5.41) is 3.52. The smallest absolute Gasteiger partial charge is 0.264 e. The van der Waals surface area contributed by atoms with E-state index in [0.29, 0.717) is 48.4 Å². The molecule has 3 heterocycles. The summed E-state index contributed by atoms with van der Waals surface area (Å²) >= 11 is 1.29. The lowest BCUT2D eigenvalue weighted by Gasteiger charge is -2.38. The van der Waals surface area contributed by atoms with Crippen LogP contribution in [-0.4, -0.2) is 65.3 Å². The molecule has 2 aliphatic rings. The topological polar surface area (TPSA) is 123 Å². The van der Waals surface area contributed by atoms with Crippen LogP contribution < -0.4 is 20.3 Å². The van der Waals surface area contributed by atoms with Crippen LogP contribution in [0, 0.1) is 0 Å². The van der Waals surface area contributed by atoms with Crippen molar-refractivity contribution in [3.05, 3.63) is 75.7 Å². The van der Waals surface area contributed by atoms with Gasteiger partial charge in [0.25, 0.3) is 11.5 Å². The second-order valence-electron chi connectivity index (χ2n) is 9.43. The van der Waals surface area contributed by atoms with E-state index in [1.165, 1.54) is 18.0 Å². The minimum atomic E-state index is -0.482. The zero-order chi connectivity index (χ0) is 27.4. The number of aryl methyl sites for hydroxylation is 1. The lowest BCUT2D eigenvalue weighted by molar-refractivity contribution is -0.124. The highest BCUT2D eigenvalue weighted by molar-refractivity contribution is 7.98. The Labute approximate surface area is 230 Å². The molecular weight excluding hydrogens is 520 g/mol. The Balaban J connectivity index is 1.38. The van der Waals surface area contributed by atoms with Gasteiger partial charge in [0.05, 0.1) is 25.9 Å². The van der Waals surface area contributed by atoms with E-state index in [9.17, 15) is 14.4 Å². The number of fused-ring (bicyclic) bond motifs is 5. The third-order valence-corrected chi connectivity index (χ3v) is 7.44. The van der Waals surface area contributed by atoms with Crippen molar-refractivity contribution in [1.82, 2.24) is 20.2 Å². The molecule has 39 heavy (non-hydrogen) atoms. The number of hydrogen-bond acceptors (Lipinski definition) is 8. The number of likely N-dealkylation sites (tertiary alicyclic amines) is 1. The molecule has 5 rings (SSSR count). The zero-order valence-corrected chi connectivity index (χ0v) is 22.6. The molecule has 10 nitrogen and oxygen atoms in total.